The van der Waals surface area contributed by atoms with E-state index >= 15 is 0 Å². The van der Waals surface area contributed by atoms with Crippen LogP contribution in [0.25, 0.3) is 0 Å². The van der Waals surface area contributed by atoms with E-state index in [-0.39, 0.29) is 0 Å². The molecule has 1 heterocycles. The van der Waals surface area contributed by atoms with Gasteiger partial charge in [-0.15, -0.1) is 0 Å². The smallest absolute Gasteiger partial charge is 0.0236 e. The third-order valence-electron chi connectivity index (χ3n) is 3.51. The fourth-order valence-electron chi connectivity index (χ4n) is 2.34. The summed E-state index contributed by atoms with van der Waals surface area (Å²) in [6.45, 7) is 6.95. The maximum atomic E-state index is 2.58. The molecule has 0 aromatic heterocycles. The highest BCUT2D eigenvalue weighted by Gasteiger charge is 2.19. The lowest BCUT2D eigenvalue weighted by molar-refractivity contribution is 0.260. The summed E-state index contributed by atoms with van der Waals surface area (Å²) in [5, 5.41) is 0. The van der Waals surface area contributed by atoms with E-state index in [1.165, 1.54) is 30.5 Å². The third kappa shape index (κ3) is 2.60. The number of hydrogen-bond acceptors (Lipinski definition) is 1. The Labute approximate surface area is 93.1 Å². The number of aryl methyl sites for hydroxylation is 1. The summed E-state index contributed by atoms with van der Waals surface area (Å²) >= 11 is 0. The van der Waals surface area contributed by atoms with Gasteiger partial charge in [0.15, 0.2) is 0 Å². The Morgan fingerprint density at radius 1 is 1.20 bits per heavy atom. The third-order valence-corrected chi connectivity index (χ3v) is 3.51. The van der Waals surface area contributed by atoms with Gasteiger partial charge in [0.05, 0.1) is 0 Å². The van der Waals surface area contributed by atoms with Crippen molar-refractivity contribution < 1.29 is 0 Å². The van der Waals surface area contributed by atoms with Crippen LogP contribution >= 0.6 is 0 Å². The molecule has 0 bridgehead atoms. The molecule has 0 spiro atoms. The van der Waals surface area contributed by atoms with E-state index in [1.807, 2.05) is 0 Å². The first-order valence-electron chi connectivity index (χ1n) is 6.11. The maximum absolute atomic E-state index is 2.58. The minimum absolute atomic E-state index is 0.774. The van der Waals surface area contributed by atoms with E-state index in [2.05, 4.69) is 43.0 Å². The Morgan fingerprint density at radius 2 is 1.87 bits per heavy atom. The van der Waals surface area contributed by atoms with Crippen LogP contribution < -0.4 is 0 Å². The van der Waals surface area contributed by atoms with Gasteiger partial charge >= 0.3 is 0 Å². The van der Waals surface area contributed by atoms with Gasteiger partial charge in [-0.1, -0.05) is 31.2 Å². The normalized spacial score (nSPS) is 22.1. The lowest BCUT2D eigenvalue weighted by atomic mass is 10.1. The van der Waals surface area contributed by atoms with E-state index < -0.39 is 0 Å². The van der Waals surface area contributed by atoms with Gasteiger partial charge in [-0.05, 0) is 43.9 Å². The fraction of sp³-hybridized carbons (Fsp3) is 0.571. The van der Waals surface area contributed by atoms with Gasteiger partial charge in [0.1, 0.15) is 0 Å². The quantitative estimate of drug-likeness (QED) is 0.729. The van der Waals surface area contributed by atoms with Crippen LogP contribution in [0.5, 0.6) is 0 Å². The largest absolute Gasteiger partial charge is 0.296 e. The maximum Gasteiger partial charge on any atom is 0.0236 e. The molecule has 1 aromatic carbocycles. The molecule has 1 aliphatic rings. The molecule has 1 nitrogen and oxygen atoms in total. The van der Waals surface area contributed by atoms with Crippen LogP contribution in [0.3, 0.4) is 0 Å². The van der Waals surface area contributed by atoms with Gasteiger partial charge in [-0.3, -0.25) is 4.90 Å². The lowest BCUT2D eigenvalue weighted by Crippen LogP contribution is -2.26. The zero-order valence-corrected chi connectivity index (χ0v) is 9.87. The molecule has 0 N–H and O–H groups in total. The van der Waals surface area contributed by atoms with E-state index in [4.69, 9.17) is 0 Å². The number of likely N-dealkylation sites (tertiary alicyclic amines) is 1. The Bertz CT molecular complexity index is 302. The molecule has 0 aliphatic carbocycles. The Hall–Kier alpha value is -0.820. The zero-order valence-electron chi connectivity index (χ0n) is 9.87. The predicted molar refractivity (Wildman–Crippen MR) is 64.9 cm³/mol. The number of benzene rings is 1. The average Bonchev–Trinajstić information content (AvgIpc) is 2.66. The van der Waals surface area contributed by atoms with Gasteiger partial charge in [0, 0.05) is 12.6 Å². The molecule has 2 rings (SSSR count). The summed E-state index contributed by atoms with van der Waals surface area (Å²) < 4.78 is 0. The second-order valence-corrected chi connectivity index (χ2v) is 4.63. The van der Waals surface area contributed by atoms with Crippen molar-refractivity contribution in [2.45, 2.75) is 45.7 Å². The minimum Gasteiger partial charge on any atom is -0.296 e. The number of nitrogens with zero attached hydrogens (tertiary/aromatic N) is 1. The van der Waals surface area contributed by atoms with Crippen LogP contribution in [-0.2, 0) is 13.0 Å². The molecule has 0 radical (unpaired) electrons. The lowest BCUT2D eigenvalue weighted by Gasteiger charge is -2.20. The molecule has 1 fully saturated rings. The van der Waals surface area contributed by atoms with Crippen LogP contribution in [0.1, 0.15) is 37.8 Å². The van der Waals surface area contributed by atoms with Crippen molar-refractivity contribution >= 4 is 0 Å². The van der Waals surface area contributed by atoms with E-state index in [0.29, 0.717) is 0 Å². The molecule has 1 heteroatoms. The van der Waals surface area contributed by atoms with Crippen molar-refractivity contribution in [2.24, 2.45) is 0 Å². The van der Waals surface area contributed by atoms with E-state index in [0.717, 1.165) is 19.0 Å². The van der Waals surface area contributed by atoms with Gasteiger partial charge < -0.3 is 0 Å². The average molecular weight is 203 g/mol. The Morgan fingerprint density at radius 3 is 2.40 bits per heavy atom. The molecule has 1 atom stereocenters. The second kappa shape index (κ2) is 4.80. The highest BCUT2D eigenvalue weighted by atomic mass is 15.2. The Kier molecular flexibility index (Phi) is 3.42. The molecule has 1 saturated heterocycles. The summed E-state index contributed by atoms with van der Waals surface area (Å²) in [7, 11) is 0. The second-order valence-electron chi connectivity index (χ2n) is 4.63. The summed E-state index contributed by atoms with van der Waals surface area (Å²) in [5.41, 5.74) is 2.90. The zero-order chi connectivity index (χ0) is 10.7. The topological polar surface area (TPSA) is 3.24 Å². The Balaban J connectivity index is 1.98. The molecular weight excluding hydrogens is 182 g/mol. The van der Waals surface area contributed by atoms with Crippen molar-refractivity contribution in [1.29, 1.82) is 0 Å². The highest BCUT2D eigenvalue weighted by molar-refractivity contribution is 5.22. The monoisotopic (exact) mass is 203 g/mol. The molecule has 1 aromatic rings. The fourth-order valence-corrected chi connectivity index (χ4v) is 2.34. The molecule has 0 saturated carbocycles. The van der Waals surface area contributed by atoms with Crippen LogP contribution in [0.15, 0.2) is 24.3 Å². The summed E-state index contributed by atoms with van der Waals surface area (Å²) in [5.74, 6) is 0. The van der Waals surface area contributed by atoms with Gasteiger partial charge in [-0.2, -0.15) is 0 Å². The standard InChI is InChI=1S/C14H21N/c1-3-13-6-8-14(9-7-13)11-15-10-4-5-12(15)2/h6-9,12H,3-5,10-11H2,1-2H3. The van der Waals surface area contributed by atoms with Crippen molar-refractivity contribution in [1.82, 2.24) is 4.90 Å². The van der Waals surface area contributed by atoms with Crippen LogP contribution in [0.2, 0.25) is 0 Å². The predicted octanol–water partition coefficient (Wildman–Crippen LogP) is 3.23. The molecule has 1 unspecified atom stereocenters. The van der Waals surface area contributed by atoms with Gasteiger partial charge in [0.2, 0.25) is 0 Å². The summed E-state index contributed by atoms with van der Waals surface area (Å²) in [6.07, 6.45) is 3.88. The highest BCUT2D eigenvalue weighted by Crippen LogP contribution is 2.19. The van der Waals surface area contributed by atoms with E-state index in [9.17, 15) is 0 Å². The SMILES string of the molecule is CCc1ccc(CN2CCCC2C)cc1. The molecule has 0 amide bonds. The number of rotatable bonds is 3. The molecule has 15 heavy (non-hydrogen) atoms. The van der Waals surface area contributed by atoms with Crippen LogP contribution in [-0.4, -0.2) is 17.5 Å². The first-order chi connectivity index (χ1) is 7.29. The molecular formula is C14H21N. The first kappa shape index (κ1) is 10.7. The summed E-state index contributed by atoms with van der Waals surface area (Å²) in [6, 6.07) is 9.86. The van der Waals surface area contributed by atoms with Crippen molar-refractivity contribution in [3.05, 3.63) is 35.4 Å². The van der Waals surface area contributed by atoms with Crippen LogP contribution in [0.4, 0.5) is 0 Å². The molecule has 82 valence electrons. The van der Waals surface area contributed by atoms with Gasteiger partial charge in [-0.25, -0.2) is 0 Å². The first-order valence-corrected chi connectivity index (χ1v) is 6.11. The summed E-state index contributed by atoms with van der Waals surface area (Å²) in [4.78, 5) is 2.58. The minimum atomic E-state index is 0.774. The number of hydrogen-bond donors (Lipinski definition) is 0. The molecule has 1 aliphatic heterocycles. The van der Waals surface area contributed by atoms with Crippen molar-refractivity contribution in [3.8, 4) is 0 Å². The van der Waals surface area contributed by atoms with E-state index in [1.54, 1.807) is 0 Å². The van der Waals surface area contributed by atoms with Crippen molar-refractivity contribution in [3.63, 3.8) is 0 Å². The van der Waals surface area contributed by atoms with Gasteiger partial charge in [0.25, 0.3) is 0 Å². The van der Waals surface area contributed by atoms with Crippen LogP contribution in [0, 0.1) is 0 Å². The van der Waals surface area contributed by atoms with Crippen molar-refractivity contribution in [2.75, 3.05) is 6.54 Å².